The number of hydrogen-bond acceptors (Lipinski definition) is 2. The van der Waals surface area contributed by atoms with Crippen molar-refractivity contribution in [1.29, 1.82) is 0 Å². The van der Waals surface area contributed by atoms with Gasteiger partial charge in [-0.2, -0.15) is 0 Å². The fourth-order valence-corrected chi connectivity index (χ4v) is 3.46. The van der Waals surface area contributed by atoms with Gasteiger partial charge >= 0.3 is 0 Å². The summed E-state index contributed by atoms with van der Waals surface area (Å²) in [6, 6.07) is 12.0. The van der Waals surface area contributed by atoms with Crippen molar-refractivity contribution in [1.82, 2.24) is 4.98 Å². The van der Waals surface area contributed by atoms with Gasteiger partial charge in [0.2, 0.25) is 0 Å². The minimum Gasteiger partial charge on any atom is -0.313 e. The topological polar surface area (TPSA) is 32.9 Å². The van der Waals surface area contributed by atoms with E-state index in [9.17, 15) is 4.79 Å². The molecule has 3 aromatic rings. The molecule has 19 heavy (non-hydrogen) atoms. The predicted octanol–water partition coefficient (Wildman–Crippen LogP) is 4.13. The minimum absolute atomic E-state index is 0.000651. The van der Waals surface area contributed by atoms with E-state index in [1.54, 1.807) is 11.3 Å². The predicted molar refractivity (Wildman–Crippen MR) is 82.0 cm³/mol. The van der Waals surface area contributed by atoms with Crippen molar-refractivity contribution in [3.63, 3.8) is 0 Å². The zero-order valence-electron chi connectivity index (χ0n) is 11.0. The van der Waals surface area contributed by atoms with E-state index in [-0.39, 0.29) is 5.56 Å². The zero-order valence-corrected chi connectivity index (χ0v) is 11.8. The van der Waals surface area contributed by atoms with Gasteiger partial charge in [0.1, 0.15) is 4.83 Å². The van der Waals surface area contributed by atoms with Crippen LogP contribution in [-0.4, -0.2) is 4.98 Å². The van der Waals surface area contributed by atoms with Gasteiger partial charge in [0.15, 0.2) is 0 Å². The Balaban J connectivity index is 2.34. The van der Waals surface area contributed by atoms with E-state index in [2.05, 4.69) is 18.0 Å². The van der Waals surface area contributed by atoms with Crippen LogP contribution >= 0.6 is 11.3 Å². The summed E-state index contributed by atoms with van der Waals surface area (Å²) >= 11 is 1.67. The van der Waals surface area contributed by atoms with E-state index in [0.29, 0.717) is 0 Å². The molecule has 3 heteroatoms. The van der Waals surface area contributed by atoms with Crippen LogP contribution in [0.15, 0.2) is 41.2 Å². The maximum absolute atomic E-state index is 12.3. The molecule has 0 fully saturated rings. The molecule has 0 unspecified atom stereocenters. The molecule has 0 aliphatic heterocycles. The van der Waals surface area contributed by atoms with Crippen molar-refractivity contribution < 1.29 is 0 Å². The van der Waals surface area contributed by atoms with E-state index < -0.39 is 0 Å². The highest BCUT2D eigenvalue weighted by Gasteiger charge is 2.12. The third-order valence-electron chi connectivity index (χ3n) is 3.43. The molecule has 0 aliphatic rings. The van der Waals surface area contributed by atoms with Gasteiger partial charge in [-0.05, 0) is 30.5 Å². The van der Waals surface area contributed by atoms with Gasteiger partial charge in [0.25, 0.3) is 5.56 Å². The van der Waals surface area contributed by atoms with Crippen molar-refractivity contribution >= 4 is 21.6 Å². The van der Waals surface area contributed by atoms with Crippen molar-refractivity contribution in [3.8, 4) is 11.1 Å². The average molecular weight is 269 g/mol. The molecule has 0 amide bonds. The molecular formula is C16H15NOS. The zero-order chi connectivity index (χ0) is 13.4. The molecule has 0 saturated heterocycles. The number of H-pyrrole nitrogens is 1. The number of rotatable bonds is 2. The number of aryl methyl sites for hydroxylation is 2. The number of pyridine rings is 1. The quantitative estimate of drug-likeness (QED) is 0.745. The molecule has 1 aromatic carbocycles. The maximum Gasteiger partial charge on any atom is 0.257 e. The van der Waals surface area contributed by atoms with Gasteiger partial charge in [-0.1, -0.05) is 37.3 Å². The van der Waals surface area contributed by atoms with E-state index in [4.69, 9.17) is 0 Å². The standard InChI is InChI=1S/C16H15NOS/c1-3-12-9-13-10(2)14(11-7-5-4-6-8-11)15(18)17-16(13)19-12/h4-9H,3H2,1-2H3,(H,17,18). The van der Waals surface area contributed by atoms with E-state index in [0.717, 1.165) is 27.9 Å². The van der Waals surface area contributed by atoms with Crippen LogP contribution in [0, 0.1) is 6.92 Å². The monoisotopic (exact) mass is 269 g/mol. The third-order valence-corrected chi connectivity index (χ3v) is 4.62. The van der Waals surface area contributed by atoms with Crippen LogP contribution in [0.5, 0.6) is 0 Å². The summed E-state index contributed by atoms with van der Waals surface area (Å²) in [5, 5.41) is 1.17. The molecular weight excluding hydrogens is 254 g/mol. The highest BCUT2D eigenvalue weighted by atomic mass is 32.1. The van der Waals surface area contributed by atoms with E-state index >= 15 is 0 Å². The second-order valence-electron chi connectivity index (χ2n) is 4.63. The van der Waals surface area contributed by atoms with Crippen LogP contribution in [0.1, 0.15) is 17.4 Å². The van der Waals surface area contributed by atoms with Gasteiger partial charge in [-0.3, -0.25) is 4.79 Å². The third kappa shape index (κ3) is 2.00. The van der Waals surface area contributed by atoms with Gasteiger partial charge in [0, 0.05) is 10.3 Å². The summed E-state index contributed by atoms with van der Waals surface area (Å²) in [5.41, 5.74) is 2.84. The first kappa shape index (κ1) is 12.2. The Morgan fingerprint density at radius 1 is 1.21 bits per heavy atom. The lowest BCUT2D eigenvalue weighted by molar-refractivity contribution is 1.19. The molecule has 2 aromatic heterocycles. The summed E-state index contributed by atoms with van der Waals surface area (Å²) in [7, 11) is 0. The maximum atomic E-state index is 12.3. The summed E-state index contributed by atoms with van der Waals surface area (Å²) in [4.78, 5) is 17.6. The Bertz CT molecular complexity index is 784. The number of thiophene rings is 1. The normalized spacial score (nSPS) is 11.1. The van der Waals surface area contributed by atoms with Crippen molar-refractivity contribution in [2.24, 2.45) is 0 Å². The minimum atomic E-state index is 0.000651. The number of benzene rings is 1. The van der Waals surface area contributed by atoms with Crippen molar-refractivity contribution in [3.05, 3.63) is 57.2 Å². The number of aromatic amines is 1. The van der Waals surface area contributed by atoms with Crippen LogP contribution in [-0.2, 0) is 6.42 Å². The second kappa shape index (κ2) is 4.67. The fraction of sp³-hybridized carbons (Fsp3) is 0.188. The summed E-state index contributed by atoms with van der Waals surface area (Å²) in [5.74, 6) is 0. The first-order valence-electron chi connectivity index (χ1n) is 6.41. The van der Waals surface area contributed by atoms with E-state index in [1.807, 2.05) is 37.3 Å². The highest BCUT2D eigenvalue weighted by molar-refractivity contribution is 7.18. The van der Waals surface area contributed by atoms with Crippen LogP contribution in [0.25, 0.3) is 21.3 Å². The number of aromatic nitrogens is 1. The number of nitrogens with one attached hydrogen (secondary N) is 1. The fourth-order valence-electron chi connectivity index (χ4n) is 2.41. The van der Waals surface area contributed by atoms with Gasteiger partial charge < -0.3 is 4.98 Å². The van der Waals surface area contributed by atoms with Crippen LogP contribution in [0.4, 0.5) is 0 Å². The number of hydrogen-bond donors (Lipinski definition) is 1. The highest BCUT2D eigenvalue weighted by Crippen LogP contribution is 2.30. The smallest absolute Gasteiger partial charge is 0.257 e. The molecule has 0 atom stereocenters. The Labute approximate surface area is 115 Å². The first-order chi connectivity index (χ1) is 9.20. The number of fused-ring (bicyclic) bond motifs is 1. The molecule has 96 valence electrons. The molecule has 2 heterocycles. The Morgan fingerprint density at radius 3 is 2.63 bits per heavy atom. The Kier molecular flexibility index (Phi) is 2.99. The molecule has 1 N–H and O–H groups in total. The van der Waals surface area contributed by atoms with Gasteiger partial charge in [0.05, 0.1) is 5.56 Å². The lowest BCUT2D eigenvalue weighted by atomic mass is 10.0. The van der Waals surface area contributed by atoms with Gasteiger partial charge in [-0.25, -0.2) is 0 Å². The summed E-state index contributed by atoms with van der Waals surface area (Å²) in [6.45, 7) is 4.17. The largest absolute Gasteiger partial charge is 0.313 e. The molecule has 3 rings (SSSR count). The Hall–Kier alpha value is -1.87. The van der Waals surface area contributed by atoms with Crippen LogP contribution < -0.4 is 5.56 Å². The molecule has 2 nitrogen and oxygen atoms in total. The SMILES string of the molecule is CCc1cc2c(C)c(-c3ccccc3)c(=O)[nH]c2s1. The second-order valence-corrected chi connectivity index (χ2v) is 5.77. The molecule has 0 spiro atoms. The molecule has 0 bridgehead atoms. The lowest BCUT2D eigenvalue weighted by Crippen LogP contribution is -2.10. The summed E-state index contributed by atoms with van der Waals surface area (Å²) < 4.78 is 0. The van der Waals surface area contributed by atoms with Crippen LogP contribution in [0.2, 0.25) is 0 Å². The van der Waals surface area contributed by atoms with Crippen molar-refractivity contribution in [2.75, 3.05) is 0 Å². The Morgan fingerprint density at radius 2 is 1.95 bits per heavy atom. The lowest BCUT2D eigenvalue weighted by Gasteiger charge is -2.05. The van der Waals surface area contributed by atoms with E-state index in [1.165, 1.54) is 10.3 Å². The molecule has 0 aliphatic carbocycles. The van der Waals surface area contributed by atoms with Crippen molar-refractivity contribution in [2.45, 2.75) is 20.3 Å². The summed E-state index contributed by atoms with van der Waals surface area (Å²) in [6.07, 6.45) is 1.00. The molecule has 0 radical (unpaired) electrons. The average Bonchev–Trinajstić information content (AvgIpc) is 2.83. The molecule has 0 saturated carbocycles. The van der Waals surface area contributed by atoms with Gasteiger partial charge in [-0.15, -0.1) is 11.3 Å². The van der Waals surface area contributed by atoms with Crippen LogP contribution in [0.3, 0.4) is 0 Å². The first-order valence-corrected chi connectivity index (χ1v) is 7.23.